The number of urea groups is 1. The van der Waals surface area contributed by atoms with Gasteiger partial charge >= 0.3 is 6.03 Å². The Morgan fingerprint density at radius 3 is 2.55 bits per heavy atom. The molecule has 0 aliphatic carbocycles. The summed E-state index contributed by atoms with van der Waals surface area (Å²) in [4.78, 5) is 20.3. The number of rotatable bonds is 3. The highest BCUT2D eigenvalue weighted by Gasteiger charge is 2.41. The number of aromatic nitrogens is 1. The first-order valence-electron chi connectivity index (χ1n) is 9.80. The van der Waals surface area contributed by atoms with Crippen LogP contribution in [0, 0.1) is 5.82 Å². The van der Waals surface area contributed by atoms with E-state index in [0.717, 1.165) is 16.9 Å². The molecule has 2 N–H and O–H groups in total. The summed E-state index contributed by atoms with van der Waals surface area (Å²) in [5.41, 5.74) is 3.51. The van der Waals surface area contributed by atoms with Crippen LogP contribution in [0.2, 0.25) is 0 Å². The molecule has 31 heavy (non-hydrogen) atoms. The Balaban J connectivity index is 1.47. The van der Waals surface area contributed by atoms with Crippen molar-refractivity contribution in [1.29, 1.82) is 0 Å². The average molecular weight is 438 g/mol. The summed E-state index contributed by atoms with van der Waals surface area (Å²) >= 11 is 0. The molecule has 1 saturated heterocycles. The molecule has 9 heteroatoms. The fourth-order valence-electron chi connectivity index (χ4n) is 4.31. The zero-order chi connectivity index (χ0) is 21.8. The van der Waals surface area contributed by atoms with Gasteiger partial charge in [-0.15, -0.1) is 0 Å². The van der Waals surface area contributed by atoms with Crippen molar-refractivity contribution in [3.63, 3.8) is 0 Å². The number of carbonyl (C=O) groups excluding carboxylic acids is 1. The Morgan fingerprint density at radius 1 is 1.10 bits per heavy atom. The van der Waals surface area contributed by atoms with Crippen LogP contribution in [0.5, 0.6) is 0 Å². The van der Waals surface area contributed by atoms with Gasteiger partial charge in [0.2, 0.25) is 10.0 Å². The van der Waals surface area contributed by atoms with E-state index in [-0.39, 0.29) is 12.1 Å². The molecule has 2 amide bonds. The number of fused-ring (bicyclic) bond motifs is 3. The second-order valence-corrected chi connectivity index (χ2v) is 9.20. The molecule has 1 fully saturated rings. The van der Waals surface area contributed by atoms with Crippen molar-refractivity contribution in [2.24, 2.45) is 5.14 Å². The molecule has 1 aromatic heterocycles. The van der Waals surface area contributed by atoms with Gasteiger partial charge in [0.25, 0.3) is 0 Å². The van der Waals surface area contributed by atoms with Gasteiger partial charge in [0.1, 0.15) is 10.7 Å². The van der Waals surface area contributed by atoms with E-state index < -0.39 is 20.7 Å². The third kappa shape index (κ3) is 3.35. The van der Waals surface area contributed by atoms with Crippen molar-refractivity contribution in [1.82, 2.24) is 4.98 Å². The smallest absolute Gasteiger partial charge is 0.294 e. The lowest BCUT2D eigenvalue weighted by molar-refractivity contribution is 0.245. The predicted octanol–water partition coefficient (Wildman–Crippen LogP) is 3.30. The van der Waals surface area contributed by atoms with E-state index >= 15 is 0 Å². The van der Waals surface area contributed by atoms with Gasteiger partial charge in [0.05, 0.1) is 11.4 Å². The van der Waals surface area contributed by atoms with Gasteiger partial charge in [-0.05, 0) is 54.8 Å². The van der Waals surface area contributed by atoms with E-state index in [4.69, 9.17) is 5.14 Å². The van der Waals surface area contributed by atoms with Crippen molar-refractivity contribution in [2.75, 3.05) is 16.3 Å². The minimum Gasteiger partial charge on any atom is -0.294 e. The van der Waals surface area contributed by atoms with Crippen LogP contribution >= 0.6 is 0 Å². The molecule has 0 radical (unpaired) electrons. The normalized spacial score (nSPS) is 18.1. The van der Waals surface area contributed by atoms with E-state index in [2.05, 4.69) is 4.98 Å². The lowest BCUT2D eigenvalue weighted by Crippen LogP contribution is -2.53. The second-order valence-electron chi connectivity index (χ2n) is 7.67. The number of hydrogen-bond acceptors (Lipinski definition) is 4. The van der Waals surface area contributed by atoms with Gasteiger partial charge in [-0.3, -0.25) is 14.8 Å². The van der Waals surface area contributed by atoms with E-state index in [0.29, 0.717) is 30.6 Å². The maximum atomic E-state index is 14.3. The van der Waals surface area contributed by atoms with Gasteiger partial charge < -0.3 is 0 Å². The SMILES string of the molecule is NS(=O)(=O)c1cc2c(cc1F)CC1CCN(c3ccc(-c4ccccn4)cc3)C(=O)N21. The Labute approximate surface area is 179 Å². The fraction of sp³-hybridized carbons (Fsp3) is 0.182. The highest BCUT2D eigenvalue weighted by Crippen LogP contribution is 2.40. The number of hydrogen-bond donors (Lipinski definition) is 1. The van der Waals surface area contributed by atoms with Crippen molar-refractivity contribution < 1.29 is 17.6 Å². The van der Waals surface area contributed by atoms with Crippen molar-refractivity contribution in [2.45, 2.75) is 23.8 Å². The molecule has 1 unspecified atom stereocenters. The Hall–Kier alpha value is -3.30. The largest absolute Gasteiger partial charge is 0.329 e. The molecule has 0 saturated carbocycles. The monoisotopic (exact) mass is 438 g/mol. The zero-order valence-electron chi connectivity index (χ0n) is 16.4. The number of benzene rings is 2. The zero-order valence-corrected chi connectivity index (χ0v) is 17.2. The summed E-state index contributed by atoms with van der Waals surface area (Å²) in [7, 11) is -4.24. The maximum absolute atomic E-state index is 14.3. The summed E-state index contributed by atoms with van der Waals surface area (Å²) in [6.45, 7) is 0.515. The first-order chi connectivity index (χ1) is 14.8. The number of pyridine rings is 1. The van der Waals surface area contributed by atoms with Crippen LogP contribution in [0.3, 0.4) is 0 Å². The third-order valence-electron chi connectivity index (χ3n) is 5.78. The van der Waals surface area contributed by atoms with Crippen LogP contribution in [0.1, 0.15) is 12.0 Å². The minimum absolute atomic E-state index is 0.137. The fourth-order valence-corrected chi connectivity index (χ4v) is 4.92. The number of carbonyl (C=O) groups is 1. The molecule has 2 aliphatic rings. The van der Waals surface area contributed by atoms with Crippen LogP contribution in [-0.4, -0.2) is 32.0 Å². The summed E-state index contributed by atoms with van der Waals surface area (Å²) < 4.78 is 37.8. The van der Waals surface area contributed by atoms with E-state index in [9.17, 15) is 17.6 Å². The molecule has 1 atom stereocenters. The number of primary sulfonamides is 1. The Bertz CT molecular complexity index is 1280. The van der Waals surface area contributed by atoms with Crippen LogP contribution < -0.4 is 14.9 Å². The molecular weight excluding hydrogens is 419 g/mol. The van der Waals surface area contributed by atoms with E-state index in [1.54, 1.807) is 16.0 Å². The third-order valence-corrected chi connectivity index (χ3v) is 6.71. The van der Waals surface area contributed by atoms with Gasteiger partial charge in [0.15, 0.2) is 0 Å². The molecule has 3 aromatic rings. The number of nitrogens with two attached hydrogens (primary N) is 1. The molecule has 3 heterocycles. The van der Waals surface area contributed by atoms with E-state index in [1.165, 1.54) is 12.1 Å². The van der Waals surface area contributed by atoms with Crippen LogP contribution in [0.15, 0.2) is 65.7 Å². The average Bonchev–Trinajstić information content (AvgIpc) is 3.11. The number of halogens is 1. The highest BCUT2D eigenvalue weighted by molar-refractivity contribution is 7.89. The number of nitrogens with zero attached hydrogens (tertiary/aromatic N) is 3. The Kier molecular flexibility index (Phi) is 4.53. The van der Waals surface area contributed by atoms with Gasteiger partial charge in [-0.2, -0.15) is 0 Å². The molecule has 7 nitrogen and oxygen atoms in total. The van der Waals surface area contributed by atoms with Crippen LogP contribution in [0.25, 0.3) is 11.3 Å². The van der Waals surface area contributed by atoms with Gasteiger partial charge in [0, 0.05) is 30.0 Å². The summed E-state index contributed by atoms with van der Waals surface area (Å²) in [6, 6.07) is 15.1. The predicted molar refractivity (Wildman–Crippen MR) is 115 cm³/mol. The quantitative estimate of drug-likeness (QED) is 0.679. The number of sulfonamides is 1. The first kappa shape index (κ1) is 19.7. The lowest BCUT2D eigenvalue weighted by Gasteiger charge is -2.38. The molecule has 5 rings (SSSR count). The lowest BCUT2D eigenvalue weighted by atomic mass is 10.1. The second kappa shape index (κ2) is 7.14. The number of anilines is 2. The molecule has 0 bridgehead atoms. The van der Waals surface area contributed by atoms with Crippen LogP contribution in [-0.2, 0) is 16.4 Å². The van der Waals surface area contributed by atoms with E-state index in [1.807, 2.05) is 42.5 Å². The topological polar surface area (TPSA) is 96.6 Å². The maximum Gasteiger partial charge on any atom is 0.329 e. The Morgan fingerprint density at radius 2 is 1.87 bits per heavy atom. The highest BCUT2D eigenvalue weighted by atomic mass is 32.2. The summed E-state index contributed by atoms with van der Waals surface area (Å²) in [5.74, 6) is -0.893. The summed E-state index contributed by atoms with van der Waals surface area (Å²) in [5, 5.41) is 5.15. The van der Waals surface area contributed by atoms with Crippen molar-refractivity contribution in [3.8, 4) is 11.3 Å². The van der Waals surface area contributed by atoms with Crippen molar-refractivity contribution >= 4 is 27.4 Å². The first-order valence-corrected chi connectivity index (χ1v) is 11.3. The standard InChI is InChI=1S/C22H19FN4O3S/c23-18-12-15-11-17-8-10-26(22(28)27(17)20(15)13-21(18)31(24,29)30)16-6-4-14(5-7-16)19-3-1-2-9-25-19/h1-7,9,12-13,17H,8,10-11H2,(H2,24,29,30). The van der Waals surface area contributed by atoms with Crippen LogP contribution in [0.4, 0.5) is 20.6 Å². The van der Waals surface area contributed by atoms with Crippen molar-refractivity contribution in [3.05, 3.63) is 72.2 Å². The molecular formula is C22H19FN4O3S. The molecule has 0 spiro atoms. The minimum atomic E-state index is -4.24. The summed E-state index contributed by atoms with van der Waals surface area (Å²) in [6.07, 6.45) is 2.88. The molecule has 2 aromatic carbocycles. The number of amides is 2. The molecule has 2 aliphatic heterocycles. The van der Waals surface area contributed by atoms with Gasteiger partial charge in [-0.1, -0.05) is 18.2 Å². The van der Waals surface area contributed by atoms with Gasteiger partial charge in [-0.25, -0.2) is 22.7 Å². The molecule has 158 valence electrons.